The molecular formula is C20H43O7Rb2Re3Rf-7. The van der Waals surface area contributed by atoms with Crippen LogP contribution >= 0.6 is 0 Å². The predicted octanol–water partition coefficient (Wildman–Crippen LogP) is -3.93. The molecule has 3 radical (unpaired) electrons. The molecule has 33 heavy (non-hydrogen) atoms. The molecule has 0 rings (SSSR count). The Morgan fingerprint density at radius 3 is 0.970 bits per heavy atom. The molecule has 0 amide bonds. The number of aliphatic hydroxyl groups is 3. The van der Waals surface area contributed by atoms with E-state index in [1.807, 2.05) is 27.7 Å². The van der Waals surface area contributed by atoms with Gasteiger partial charge in [-0.15, -0.1) is 0 Å². The molecule has 0 saturated carbocycles. The first-order valence-corrected chi connectivity index (χ1v) is 7.49. The maximum absolute atomic E-state index is 9.37. The van der Waals surface area contributed by atoms with Crippen molar-refractivity contribution in [1.29, 1.82) is 0 Å². The molecule has 0 aromatic rings. The summed E-state index contributed by atoms with van der Waals surface area (Å²) >= 11 is 0. The second-order valence-corrected chi connectivity index (χ2v) is 4.01. The first-order valence-electron chi connectivity index (χ1n) is 7.49. The molecule has 0 aliphatic heterocycles. The van der Waals surface area contributed by atoms with Crippen molar-refractivity contribution in [2.24, 2.45) is 0 Å². The maximum atomic E-state index is 9.37. The fraction of sp³-hybridized carbons (Fsp3) is 0.650. The summed E-state index contributed by atoms with van der Waals surface area (Å²) in [5, 5.41) is 43.6. The van der Waals surface area contributed by atoms with E-state index in [0.29, 0.717) is 6.10 Å². The maximum Gasteiger partial charge on any atom is 1.00 e. The van der Waals surface area contributed by atoms with E-state index >= 15 is 0 Å². The average molecular weight is 1390 g/mol. The Labute approximate surface area is 339 Å². The van der Waals surface area contributed by atoms with Gasteiger partial charge in [0.25, 0.3) is 0 Å². The van der Waals surface area contributed by atoms with Crippen molar-refractivity contribution in [1.82, 2.24) is 0 Å². The van der Waals surface area contributed by atoms with Crippen LogP contribution in [-0.2, 0) is 70.9 Å². The molecule has 0 saturated heterocycles. The van der Waals surface area contributed by atoms with Crippen LogP contribution < -0.4 is 127 Å². The van der Waals surface area contributed by atoms with Gasteiger partial charge in [-0.3, -0.25) is 31.7 Å². The van der Waals surface area contributed by atoms with Crippen molar-refractivity contribution in [2.45, 2.75) is 68.2 Å². The second-order valence-electron chi connectivity index (χ2n) is 4.01. The Kier molecular flexibility index (Phi) is 276. The number of rotatable bonds is 6. The van der Waals surface area contributed by atoms with Crippen molar-refractivity contribution in [3.63, 3.8) is 0 Å². The molecule has 0 aromatic carbocycles. The van der Waals surface area contributed by atoms with Crippen LogP contribution in [0.1, 0.15) is 68.2 Å². The second kappa shape index (κ2) is 100. The van der Waals surface area contributed by atoms with E-state index in [4.69, 9.17) is 24.9 Å². The quantitative estimate of drug-likeness (QED) is 0.231. The van der Waals surface area contributed by atoms with E-state index < -0.39 is 19.3 Å². The van der Waals surface area contributed by atoms with E-state index in [-0.39, 0.29) is 207 Å². The third-order valence-electron chi connectivity index (χ3n) is 2.02. The molecule has 0 bridgehead atoms. The van der Waals surface area contributed by atoms with Gasteiger partial charge in [-0.1, -0.05) is 34.8 Å². The van der Waals surface area contributed by atoms with E-state index in [1.165, 1.54) is 26.4 Å². The summed E-state index contributed by atoms with van der Waals surface area (Å²) in [7, 11) is 0. The van der Waals surface area contributed by atoms with E-state index in [2.05, 4.69) is 0 Å². The Bertz CT molecular complexity index is 192. The van der Waals surface area contributed by atoms with Crippen LogP contribution in [0.3, 0.4) is 0 Å². The van der Waals surface area contributed by atoms with E-state index in [9.17, 15) is 10.2 Å². The van der Waals surface area contributed by atoms with Crippen LogP contribution in [0.15, 0.2) is 0 Å². The minimum absolute atomic E-state index is 0. The molecule has 0 aliphatic rings. The molecule has 197 valence electrons. The summed E-state index contributed by atoms with van der Waals surface area (Å²) in [6.45, 7) is 9.23. The molecule has 0 unspecified atom stereocenters. The molecule has 0 fully saturated rings. The summed E-state index contributed by atoms with van der Waals surface area (Å²) in [5.74, 6) is 1.15. The first kappa shape index (κ1) is 90.8. The summed E-state index contributed by atoms with van der Waals surface area (Å²) in [6.07, 6.45) is 5.67. The van der Waals surface area contributed by atoms with Gasteiger partial charge in [0.1, 0.15) is 0 Å². The van der Waals surface area contributed by atoms with Gasteiger partial charge < -0.3 is 50.0 Å². The van der Waals surface area contributed by atoms with Crippen LogP contribution in [0, 0.1) is 33.0 Å². The summed E-state index contributed by atoms with van der Waals surface area (Å²) in [5.41, 5.74) is 0. The van der Waals surface area contributed by atoms with Crippen molar-refractivity contribution in [3.8, 4) is 0 Å². The van der Waals surface area contributed by atoms with Gasteiger partial charge in [0, 0.05) is 61.3 Å². The molecule has 0 spiro atoms. The summed E-state index contributed by atoms with van der Waals surface area (Å²) in [6, 6.07) is 0. The van der Waals surface area contributed by atoms with Gasteiger partial charge in [0.2, 0.25) is 0 Å². The monoisotopic (exact) mass is 1390 g/mol. The average Bonchev–Trinajstić information content (AvgIpc) is 2.61. The van der Waals surface area contributed by atoms with Crippen molar-refractivity contribution >= 4 is 12.6 Å². The number of hydrogen-bond donors (Lipinski definition) is 3. The predicted molar refractivity (Wildman–Crippen MR) is 109 cm³/mol. The Morgan fingerprint density at radius 1 is 0.758 bits per heavy atom. The van der Waals surface area contributed by atoms with Crippen LogP contribution in [0.4, 0.5) is 0 Å². The van der Waals surface area contributed by atoms with Crippen LogP contribution in [0.5, 0.6) is 0 Å². The standard InChI is InChI=1S/2C5H11O.C3H5O3.2C2H3O.CH4.2CH3.2Rb.3Re.Rf/c1-3-5(2)4-6;1-3-5(6)4-2;4-1-3(6)2-5;2*1-2-3;;;;;;;;;/h2*6H,3-4H2,1-2H3;6H,1-2H2;2*1H3;1H4;2*1H3;;;;;;/q2*-1;-3;2*-1;;2*-1;2*+1;;;;. The Balaban J connectivity index is -0.0000000109. The van der Waals surface area contributed by atoms with Crippen molar-refractivity contribution < 1.29 is 213 Å². The van der Waals surface area contributed by atoms with Gasteiger partial charge in [-0.25, -0.2) is 12.2 Å². The van der Waals surface area contributed by atoms with Crippen LogP contribution in [0.2, 0.25) is 0 Å². The number of hydrogen-bond acceptors (Lipinski definition) is 7. The zero-order valence-electron chi connectivity index (χ0n) is 21.6. The minimum Gasteiger partial charge on any atom is -0.876 e. The van der Waals surface area contributed by atoms with Gasteiger partial charge in [-0.05, 0) is 0 Å². The fourth-order valence-corrected chi connectivity index (χ4v) is 0.403. The van der Waals surface area contributed by atoms with E-state index in [1.54, 1.807) is 0 Å². The Morgan fingerprint density at radius 2 is 0.970 bits per heavy atom. The van der Waals surface area contributed by atoms with Gasteiger partial charge in [0.05, 0.1) is 0 Å². The molecule has 13 heteroatoms. The smallest absolute Gasteiger partial charge is 0.876 e. The molecule has 0 heterocycles. The van der Waals surface area contributed by atoms with Crippen LogP contribution in [0.25, 0.3) is 0 Å². The van der Waals surface area contributed by atoms with E-state index in [0.717, 1.165) is 25.2 Å². The van der Waals surface area contributed by atoms with Gasteiger partial charge in [-0.2, -0.15) is 40.0 Å². The zero-order valence-corrected chi connectivity index (χ0v) is 45.9. The van der Waals surface area contributed by atoms with Crippen molar-refractivity contribution in [2.75, 3.05) is 19.8 Å². The third kappa shape index (κ3) is 164. The third-order valence-corrected chi connectivity index (χ3v) is 2.02. The zero-order chi connectivity index (χ0) is 20.4. The summed E-state index contributed by atoms with van der Waals surface area (Å²) < 4.78 is 0. The minimum atomic E-state index is -0.760. The molecular weight excluding hydrogens is 1350 g/mol. The first-order chi connectivity index (χ1) is 11.3. The number of carbonyl (C=O) groups excluding carboxylic acids is 2. The SMILES string of the molecule is C.CC[C-](C)CO.CC[C-](O)CC.C[C-]=O.C[C-]=O.[CH3-].[CH3-].[O-]C[C-](O)C[O-].[Rb+].[Rb+].[Re].[Re].[Re].[Rf]. The number of aliphatic hydroxyl groups excluding tert-OH is 3. The molecule has 0 aromatic heterocycles. The Hall–Kier alpha value is 3.74. The largest absolute Gasteiger partial charge is 1.00 e. The summed E-state index contributed by atoms with van der Waals surface area (Å²) in [4.78, 5) is 17.4. The molecule has 0 atom stereocenters. The fourth-order valence-electron chi connectivity index (χ4n) is 0.403. The van der Waals surface area contributed by atoms with Crippen LogP contribution in [-0.4, -0.2) is 47.7 Å². The normalized spacial score (nSPS) is 6.24. The molecule has 3 N–H and O–H groups in total. The molecule has 7 nitrogen and oxygen atoms in total. The molecule has 0 aliphatic carbocycles. The van der Waals surface area contributed by atoms with Gasteiger partial charge in [0.15, 0.2) is 0 Å². The topological polar surface area (TPSA) is 141 Å². The van der Waals surface area contributed by atoms with Crippen molar-refractivity contribution in [3.05, 3.63) is 33.0 Å². The van der Waals surface area contributed by atoms with Gasteiger partial charge >= 0.3 is 116 Å².